The number of carbonyl (C=O) groups is 2. The molecule has 0 saturated carbocycles. The lowest BCUT2D eigenvalue weighted by molar-refractivity contribution is -0.117. The van der Waals surface area contributed by atoms with Crippen molar-refractivity contribution in [1.82, 2.24) is 15.2 Å². The number of nitrogens with zero attached hydrogens (tertiary/aromatic N) is 1. The molecule has 0 radical (unpaired) electrons. The van der Waals surface area contributed by atoms with Gasteiger partial charge in [-0.3, -0.25) is 20.4 Å². The van der Waals surface area contributed by atoms with Crippen LogP contribution < -0.4 is 15.6 Å². The van der Waals surface area contributed by atoms with Crippen molar-refractivity contribution in [1.29, 1.82) is 0 Å². The van der Waals surface area contributed by atoms with Crippen molar-refractivity contribution < 1.29 is 22.7 Å². The van der Waals surface area contributed by atoms with E-state index in [1.165, 1.54) is 41.8 Å². The maximum Gasteiger partial charge on any atom is 0.273 e. The number of benzene rings is 2. The average Bonchev–Trinajstić information content (AvgIpc) is 2.76. The quantitative estimate of drug-likeness (QED) is 0.460. The topological polar surface area (TPSA) is 105 Å². The van der Waals surface area contributed by atoms with Gasteiger partial charge in [0, 0.05) is 24.2 Å². The van der Waals surface area contributed by atoms with Crippen LogP contribution in [0.25, 0.3) is 6.08 Å². The van der Waals surface area contributed by atoms with Crippen molar-refractivity contribution in [3.63, 3.8) is 0 Å². The summed E-state index contributed by atoms with van der Waals surface area (Å²) in [5, 5.41) is 0.351. The largest absolute Gasteiger partial charge is 0.496 e. The van der Waals surface area contributed by atoms with E-state index in [0.717, 1.165) is 0 Å². The van der Waals surface area contributed by atoms with E-state index in [4.69, 9.17) is 16.3 Å². The maximum absolute atomic E-state index is 12.5. The van der Waals surface area contributed by atoms with Gasteiger partial charge in [0.05, 0.1) is 17.6 Å². The molecule has 2 rings (SSSR count). The van der Waals surface area contributed by atoms with Crippen molar-refractivity contribution in [3.05, 3.63) is 64.7 Å². The van der Waals surface area contributed by atoms with Gasteiger partial charge in [-0.25, -0.2) is 8.42 Å². The first-order chi connectivity index (χ1) is 14.7. The van der Waals surface area contributed by atoms with Gasteiger partial charge < -0.3 is 4.74 Å². The lowest BCUT2D eigenvalue weighted by atomic mass is 10.2. The molecule has 2 amide bonds. The zero-order chi connectivity index (χ0) is 23.0. The highest BCUT2D eigenvalue weighted by Crippen LogP contribution is 2.22. The number of hydrogen-bond acceptors (Lipinski definition) is 5. The first-order valence-corrected chi connectivity index (χ1v) is 11.3. The molecule has 0 atom stereocenters. The summed E-state index contributed by atoms with van der Waals surface area (Å²) in [7, 11) is -2.12. The molecule has 166 valence electrons. The highest BCUT2D eigenvalue weighted by Gasteiger charge is 2.21. The minimum absolute atomic E-state index is 0.171. The monoisotopic (exact) mass is 465 g/mol. The molecule has 0 spiro atoms. The highest BCUT2D eigenvalue weighted by atomic mass is 35.5. The molecule has 0 aromatic heterocycles. The Morgan fingerprint density at radius 2 is 1.71 bits per heavy atom. The van der Waals surface area contributed by atoms with Crippen LogP contribution in [0, 0.1) is 0 Å². The number of sulfonamides is 1. The van der Waals surface area contributed by atoms with Gasteiger partial charge in [-0.1, -0.05) is 37.6 Å². The molecule has 0 unspecified atom stereocenters. The van der Waals surface area contributed by atoms with Crippen molar-refractivity contribution in [2.24, 2.45) is 0 Å². The second kappa shape index (κ2) is 10.9. The van der Waals surface area contributed by atoms with Gasteiger partial charge in [0.2, 0.25) is 10.0 Å². The van der Waals surface area contributed by atoms with E-state index in [9.17, 15) is 18.0 Å². The van der Waals surface area contributed by atoms with E-state index in [2.05, 4.69) is 10.9 Å². The number of nitrogens with one attached hydrogen (secondary N) is 2. The molecule has 0 fully saturated rings. The van der Waals surface area contributed by atoms with E-state index in [-0.39, 0.29) is 10.5 Å². The Morgan fingerprint density at radius 3 is 2.29 bits per heavy atom. The normalized spacial score (nSPS) is 11.5. The van der Waals surface area contributed by atoms with Gasteiger partial charge in [-0.15, -0.1) is 0 Å². The number of hydrogen-bond donors (Lipinski definition) is 2. The molecule has 2 aromatic carbocycles. The summed E-state index contributed by atoms with van der Waals surface area (Å²) in [5.74, 6) is -0.854. The molecule has 31 heavy (non-hydrogen) atoms. The van der Waals surface area contributed by atoms with E-state index in [1.807, 2.05) is 0 Å². The molecule has 0 aliphatic heterocycles. The Morgan fingerprint density at radius 1 is 1.06 bits per heavy atom. The van der Waals surface area contributed by atoms with Gasteiger partial charge in [0.15, 0.2) is 0 Å². The van der Waals surface area contributed by atoms with Gasteiger partial charge in [-0.2, -0.15) is 4.31 Å². The molecule has 2 aromatic rings. The fourth-order valence-corrected chi connectivity index (χ4v) is 4.35. The van der Waals surface area contributed by atoms with E-state index >= 15 is 0 Å². The van der Waals surface area contributed by atoms with E-state index < -0.39 is 21.8 Å². The van der Waals surface area contributed by atoms with Gasteiger partial charge in [0.1, 0.15) is 5.75 Å². The summed E-state index contributed by atoms with van der Waals surface area (Å²) in [4.78, 5) is 24.4. The van der Waals surface area contributed by atoms with Crippen molar-refractivity contribution in [3.8, 4) is 5.75 Å². The second-order valence-corrected chi connectivity index (χ2v) is 8.65. The fourth-order valence-electron chi connectivity index (χ4n) is 2.72. The average molecular weight is 466 g/mol. The minimum atomic E-state index is -3.54. The Bertz CT molecular complexity index is 1060. The summed E-state index contributed by atoms with van der Waals surface area (Å²) < 4.78 is 31.5. The SMILES string of the molecule is CCN(CC)S(=O)(=O)c1ccc(/C=C\C(=O)NNC(=O)c2cc(Cl)ccc2OC)cc1. The Labute approximate surface area is 186 Å². The fraction of sp³-hybridized carbons (Fsp3) is 0.238. The van der Waals surface area contributed by atoms with Gasteiger partial charge in [0.25, 0.3) is 11.8 Å². The number of halogens is 1. The molecular weight excluding hydrogens is 442 g/mol. The maximum atomic E-state index is 12.5. The summed E-state index contributed by atoms with van der Waals surface area (Å²) in [6, 6.07) is 10.7. The lowest BCUT2D eigenvalue weighted by Crippen LogP contribution is -2.40. The van der Waals surface area contributed by atoms with Crippen LogP contribution in [0.5, 0.6) is 5.75 Å². The number of hydrazine groups is 1. The van der Waals surface area contributed by atoms with Crippen LogP contribution >= 0.6 is 11.6 Å². The predicted molar refractivity (Wildman–Crippen MR) is 119 cm³/mol. The van der Waals surface area contributed by atoms with Gasteiger partial charge in [-0.05, 0) is 42.0 Å². The van der Waals surface area contributed by atoms with Crippen molar-refractivity contribution >= 4 is 39.5 Å². The molecule has 0 bridgehead atoms. The minimum Gasteiger partial charge on any atom is -0.496 e. The van der Waals surface area contributed by atoms with Crippen LogP contribution in [0.15, 0.2) is 53.4 Å². The smallest absolute Gasteiger partial charge is 0.273 e. The Hall–Kier alpha value is -2.88. The third-order valence-corrected chi connectivity index (χ3v) is 6.66. The van der Waals surface area contributed by atoms with Crippen LogP contribution in [0.1, 0.15) is 29.8 Å². The van der Waals surface area contributed by atoms with Crippen molar-refractivity contribution in [2.45, 2.75) is 18.7 Å². The zero-order valence-corrected chi connectivity index (χ0v) is 19.0. The van der Waals surface area contributed by atoms with Crippen LogP contribution in [0.4, 0.5) is 0 Å². The van der Waals surface area contributed by atoms with Crippen LogP contribution in [-0.2, 0) is 14.8 Å². The standard InChI is InChI=1S/C21H24ClN3O5S/c1-4-25(5-2)31(28,29)17-10-6-15(7-11-17)8-13-20(26)23-24-21(27)18-14-16(22)9-12-19(18)30-3/h6-14H,4-5H2,1-3H3,(H,23,26)(H,24,27)/b13-8-. The Balaban J connectivity index is 1.99. The third kappa shape index (κ3) is 6.30. The highest BCUT2D eigenvalue weighted by molar-refractivity contribution is 7.89. The molecule has 0 aliphatic rings. The molecule has 10 heteroatoms. The third-order valence-electron chi connectivity index (χ3n) is 4.36. The summed E-state index contributed by atoms with van der Waals surface area (Å²) >= 11 is 5.90. The number of methoxy groups -OCH3 is 1. The number of rotatable bonds is 8. The van der Waals surface area contributed by atoms with Crippen LogP contribution in [-0.4, -0.2) is 44.7 Å². The van der Waals surface area contributed by atoms with Crippen LogP contribution in [0.3, 0.4) is 0 Å². The summed E-state index contributed by atoms with van der Waals surface area (Å²) in [6.07, 6.45) is 2.71. The predicted octanol–water partition coefficient (Wildman–Crippen LogP) is 2.85. The molecule has 8 nitrogen and oxygen atoms in total. The van der Waals surface area contributed by atoms with E-state index in [1.54, 1.807) is 38.1 Å². The Kier molecular flexibility index (Phi) is 8.61. The molecule has 2 N–H and O–H groups in total. The van der Waals surface area contributed by atoms with E-state index in [0.29, 0.717) is 29.4 Å². The number of ether oxygens (including phenoxy) is 1. The molecular formula is C21H24ClN3O5S. The first kappa shape index (κ1) is 24.4. The van der Waals surface area contributed by atoms with Crippen LogP contribution in [0.2, 0.25) is 5.02 Å². The lowest BCUT2D eigenvalue weighted by Gasteiger charge is -2.18. The molecule has 0 aliphatic carbocycles. The summed E-state index contributed by atoms with van der Waals surface area (Å²) in [5.41, 5.74) is 5.33. The number of carbonyl (C=O) groups excluding carboxylic acids is 2. The first-order valence-electron chi connectivity index (χ1n) is 9.45. The number of amides is 2. The van der Waals surface area contributed by atoms with Crippen molar-refractivity contribution in [2.75, 3.05) is 20.2 Å². The van der Waals surface area contributed by atoms with Gasteiger partial charge >= 0.3 is 0 Å². The molecule has 0 saturated heterocycles. The zero-order valence-electron chi connectivity index (χ0n) is 17.4. The second-order valence-electron chi connectivity index (χ2n) is 6.28. The summed E-state index contributed by atoms with van der Waals surface area (Å²) in [6.45, 7) is 4.32. The molecule has 0 heterocycles.